The van der Waals surface area contributed by atoms with E-state index in [2.05, 4.69) is 4.99 Å². The maximum Gasteiger partial charge on any atom is 0.220 e. The van der Waals surface area contributed by atoms with Crippen LogP contribution >= 0.6 is 0 Å². The van der Waals surface area contributed by atoms with E-state index in [0.717, 1.165) is 0 Å². The summed E-state index contributed by atoms with van der Waals surface area (Å²) in [5, 5.41) is -0.0284. The van der Waals surface area contributed by atoms with Crippen LogP contribution in [0.2, 0.25) is 0 Å². The summed E-state index contributed by atoms with van der Waals surface area (Å²) in [4.78, 5) is 3.97. The molecule has 4 nitrogen and oxygen atoms in total. The van der Waals surface area contributed by atoms with Crippen LogP contribution in [-0.2, 0) is 9.84 Å². The van der Waals surface area contributed by atoms with Gasteiger partial charge in [-0.1, -0.05) is 0 Å². The highest BCUT2D eigenvalue weighted by Crippen LogP contribution is 2.18. The van der Waals surface area contributed by atoms with Crippen LogP contribution < -0.4 is 4.74 Å². The second-order valence-corrected chi connectivity index (χ2v) is 5.63. The Balaban J connectivity index is 2.04. The summed E-state index contributed by atoms with van der Waals surface area (Å²) >= 11 is 0. The highest BCUT2D eigenvalue weighted by atomic mass is 32.2. The third kappa shape index (κ3) is 2.36. The molecule has 90 valence electrons. The average molecular weight is 255 g/mol. The lowest BCUT2D eigenvalue weighted by Gasteiger charge is -2.06. The van der Waals surface area contributed by atoms with Crippen LogP contribution in [0.3, 0.4) is 0 Å². The smallest absolute Gasteiger partial charge is 0.220 e. The number of hydrogen-bond acceptors (Lipinski definition) is 4. The predicted molar refractivity (Wildman–Crippen MR) is 62.0 cm³/mol. The minimum absolute atomic E-state index is 0.0284. The van der Waals surface area contributed by atoms with Crippen molar-refractivity contribution in [2.75, 3.05) is 6.61 Å². The van der Waals surface area contributed by atoms with Gasteiger partial charge in [0.2, 0.25) is 9.84 Å². The second kappa shape index (κ2) is 4.29. The fourth-order valence-electron chi connectivity index (χ4n) is 1.28. The summed E-state index contributed by atoms with van der Waals surface area (Å²) in [6.45, 7) is 1.32. The molecule has 0 saturated heterocycles. The van der Waals surface area contributed by atoms with Crippen molar-refractivity contribution in [3.63, 3.8) is 0 Å². The first-order valence-electron chi connectivity index (χ1n) is 4.87. The zero-order chi connectivity index (χ0) is 12.5. The number of halogens is 1. The largest absolute Gasteiger partial charge is 0.487 e. The number of nitrogens with zero attached hydrogens (tertiary/aromatic N) is 1. The number of allylic oxidation sites excluding steroid dienone is 1. The second-order valence-electron chi connectivity index (χ2n) is 3.51. The van der Waals surface area contributed by atoms with Crippen LogP contribution in [0.15, 0.2) is 40.4 Å². The van der Waals surface area contributed by atoms with Crippen molar-refractivity contribution in [3.05, 3.63) is 41.2 Å². The van der Waals surface area contributed by atoms with E-state index < -0.39 is 9.84 Å². The molecule has 1 aliphatic rings. The molecule has 1 aromatic rings. The van der Waals surface area contributed by atoms with E-state index in [-0.39, 0.29) is 22.4 Å². The SMILES string of the molecule is CC1=CN=C(COc2ccc(F)cc2)S1(=O)=O. The van der Waals surface area contributed by atoms with Crippen molar-refractivity contribution in [1.82, 2.24) is 0 Å². The fourth-order valence-corrected chi connectivity index (χ4v) is 2.25. The van der Waals surface area contributed by atoms with Gasteiger partial charge in [-0.25, -0.2) is 17.8 Å². The number of ether oxygens (including phenoxy) is 1. The summed E-state index contributed by atoms with van der Waals surface area (Å²) < 4.78 is 41.1. The molecular formula is C11H10FNO3S. The Morgan fingerprint density at radius 2 is 1.94 bits per heavy atom. The van der Waals surface area contributed by atoms with Crippen molar-refractivity contribution in [1.29, 1.82) is 0 Å². The zero-order valence-electron chi connectivity index (χ0n) is 9.05. The number of rotatable bonds is 3. The van der Waals surface area contributed by atoms with Crippen molar-refractivity contribution < 1.29 is 17.5 Å². The molecule has 6 heteroatoms. The van der Waals surface area contributed by atoms with Gasteiger partial charge in [-0.05, 0) is 31.2 Å². The molecule has 0 unspecified atom stereocenters. The van der Waals surface area contributed by atoms with Gasteiger partial charge in [0, 0.05) is 6.20 Å². The number of benzene rings is 1. The molecule has 1 aromatic carbocycles. The third-order valence-corrected chi connectivity index (χ3v) is 4.10. The fraction of sp³-hybridized carbons (Fsp3) is 0.182. The third-order valence-electron chi connectivity index (χ3n) is 2.30. The maximum atomic E-state index is 12.6. The molecule has 0 fully saturated rings. The molecule has 0 bridgehead atoms. The Morgan fingerprint density at radius 3 is 2.47 bits per heavy atom. The van der Waals surface area contributed by atoms with E-state index in [1.54, 1.807) is 0 Å². The van der Waals surface area contributed by atoms with E-state index in [9.17, 15) is 12.8 Å². The monoisotopic (exact) mass is 255 g/mol. The highest BCUT2D eigenvalue weighted by Gasteiger charge is 2.26. The molecule has 2 rings (SSSR count). The first-order valence-corrected chi connectivity index (χ1v) is 6.35. The molecule has 0 aliphatic carbocycles. The van der Waals surface area contributed by atoms with Crippen molar-refractivity contribution >= 4 is 14.9 Å². The molecule has 17 heavy (non-hydrogen) atoms. The predicted octanol–water partition coefficient (Wildman–Crippen LogP) is 1.89. The summed E-state index contributed by atoms with van der Waals surface area (Å²) in [6, 6.07) is 5.34. The summed E-state index contributed by atoms with van der Waals surface area (Å²) in [7, 11) is -3.43. The van der Waals surface area contributed by atoms with Crippen molar-refractivity contribution in [2.45, 2.75) is 6.92 Å². The van der Waals surface area contributed by atoms with Gasteiger partial charge in [-0.15, -0.1) is 0 Å². The minimum atomic E-state index is -3.43. The van der Waals surface area contributed by atoms with Gasteiger partial charge in [-0.3, -0.25) is 0 Å². The Morgan fingerprint density at radius 1 is 1.29 bits per heavy atom. The van der Waals surface area contributed by atoms with Gasteiger partial charge in [0.15, 0.2) is 5.04 Å². The van der Waals surface area contributed by atoms with Crippen molar-refractivity contribution in [3.8, 4) is 5.75 Å². The molecule has 0 radical (unpaired) electrons. The molecule has 0 saturated carbocycles. The van der Waals surface area contributed by atoms with Gasteiger partial charge >= 0.3 is 0 Å². The van der Waals surface area contributed by atoms with Gasteiger partial charge in [0.1, 0.15) is 18.2 Å². The lowest BCUT2D eigenvalue weighted by Crippen LogP contribution is -2.19. The van der Waals surface area contributed by atoms with E-state index >= 15 is 0 Å². The molecule has 1 aliphatic heterocycles. The van der Waals surface area contributed by atoms with Crippen LogP contribution in [0, 0.1) is 5.82 Å². The van der Waals surface area contributed by atoms with E-state index in [1.807, 2.05) is 0 Å². The first kappa shape index (κ1) is 11.8. The Kier molecular flexibility index (Phi) is 2.97. The van der Waals surface area contributed by atoms with E-state index in [1.165, 1.54) is 37.4 Å². The zero-order valence-corrected chi connectivity index (χ0v) is 9.87. The normalized spacial score (nSPS) is 17.5. The lowest BCUT2D eigenvalue weighted by atomic mass is 10.3. The summed E-state index contributed by atoms with van der Waals surface area (Å²) in [5.41, 5.74) is 0. The summed E-state index contributed by atoms with van der Waals surface area (Å²) in [5.74, 6) is 0.0227. The maximum absolute atomic E-state index is 12.6. The lowest BCUT2D eigenvalue weighted by molar-refractivity contribution is 0.377. The van der Waals surface area contributed by atoms with E-state index in [4.69, 9.17) is 4.74 Å². The molecule has 0 spiro atoms. The topological polar surface area (TPSA) is 55.7 Å². The minimum Gasteiger partial charge on any atom is -0.487 e. The van der Waals surface area contributed by atoms with Gasteiger partial charge in [0.05, 0.1) is 4.91 Å². The summed E-state index contributed by atoms with van der Waals surface area (Å²) in [6.07, 6.45) is 1.29. The van der Waals surface area contributed by atoms with Crippen LogP contribution in [0.5, 0.6) is 5.75 Å². The molecule has 0 atom stereocenters. The molecule has 0 amide bonds. The number of hydrogen-bond donors (Lipinski definition) is 0. The number of aliphatic imine (C=N–C) groups is 1. The Bertz CT molecular complexity index is 588. The van der Waals surface area contributed by atoms with Gasteiger partial charge in [-0.2, -0.15) is 0 Å². The van der Waals surface area contributed by atoms with Gasteiger partial charge in [0.25, 0.3) is 0 Å². The average Bonchev–Trinajstić information content (AvgIpc) is 2.54. The van der Waals surface area contributed by atoms with Crippen molar-refractivity contribution in [2.24, 2.45) is 4.99 Å². The number of sulfone groups is 1. The van der Waals surface area contributed by atoms with Crippen LogP contribution in [0.25, 0.3) is 0 Å². The quantitative estimate of drug-likeness (QED) is 0.828. The molecule has 1 heterocycles. The van der Waals surface area contributed by atoms with Crippen LogP contribution in [-0.4, -0.2) is 20.1 Å². The highest BCUT2D eigenvalue weighted by molar-refractivity contribution is 8.10. The van der Waals surface area contributed by atoms with E-state index in [0.29, 0.717) is 5.75 Å². The first-order chi connectivity index (χ1) is 8.00. The van der Waals surface area contributed by atoms with Gasteiger partial charge < -0.3 is 4.74 Å². The van der Waals surface area contributed by atoms with Crippen LogP contribution in [0.1, 0.15) is 6.92 Å². The Hall–Kier alpha value is -1.69. The molecule has 0 aromatic heterocycles. The van der Waals surface area contributed by atoms with Crippen LogP contribution in [0.4, 0.5) is 4.39 Å². The standard InChI is InChI=1S/C11H10FNO3S/c1-8-6-13-11(17(8,14)15)7-16-10-4-2-9(12)3-5-10/h2-6H,7H2,1H3. The Labute approximate surface area is 98.4 Å². The molecule has 0 N–H and O–H groups in total. The molecular weight excluding hydrogens is 245 g/mol.